The van der Waals surface area contributed by atoms with Gasteiger partial charge in [-0.05, 0) is 47.5 Å². The summed E-state index contributed by atoms with van der Waals surface area (Å²) in [7, 11) is -3.70. The molecule has 4 N–H and O–H groups in total. The third-order valence-corrected chi connectivity index (χ3v) is 5.36. The topological polar surface area (TPSA) is 101 Å². The highest BCUT2D eigenvalue weighted by Gasteiger charge is 2.18. The first-order chi connectivity index (χ1) is 9.76. The number of benzene rings is 1. The first-order valence-corrected chi connectivity index (χ1v) is 8.88. The summed E-state index contributed by atoms with van der Waals surface area (Å²) < 4.78 is 27.1. The molecule has 118 valence electrons. The molecule has 0 aliphatic carbocycles. The number of nitrogen functional groups attached to an aromatic ring is 1. The summed E-state index contributed by atoms with van der Waals surface area (Å²) in [6.07, 6.45) is 0.914. The molecule has 0 aliphatic heterocycles. The van der Waals surface area contributed by atoms with Gasteiger partial charge in [0.25, 0.3) is 0 Å². The van der Waals surface area contributed by atoms with E-state index in [-0.39, 0.29) is 29.8 Å². The third-order valence-electron chi connectivity index (χ3n) is 2.91. The summed E-state index contributed by atoms with van der Waals surface area (Å²) in [5, 5.41) is 2.77. The van der Waals surface area contributed by atoms with E-state index < -0.39 is 10.0 Å². The molecule has 0 saturated carbocycles. The lowest BCUT2D eigenvalue weighted by Crippen LogP contribution is -2.35. The number of hydrogen-bond donors (Lipinski definition) is 3. The lowest BCUT2D eigenvalue weighted by Gasteiger charge is -2.12. The number of hydrogen-bond acceptors (Lipinski definition) is 4. The molecule has 1 unspecified atom stereocenters. The maximum Gasteiger partial charge on any atom is 0.241 e. The van der Waals surface area contributed by atoms with Crippen molar-refractivity contribution in [3.63, 3.8) is 0 Å². The van der Waals surface area contributed by atoms with Crippen molar-refractivity contribution >= 4 is 37.5 Å². The van der Waals surface area contributed by atoms with E-state index in [0.29, 0.717) is 10.2 Å². The van der Waals surface area contributed by atoms with Crippen molar-refractivity contribution in [3.8, 4) is 0 Å². The lowest BCUT2D eigenvalue weighted by atomic mass is 10.2. The zero-order chi connectivity index (χ0) is 16.0. The van der Waals surface area contributed by atoms with Gasteiger partial charge in [0, 0.05) is 29.2 Å². The van der Waals surface area contributed by atoms with Gasteiger partial charge in [0.2, 0.25) is 15.9 Å². The van der Waals surface area contributed by atoms with Crippen molar-refractivity contribution in [2.45, 2.75) is 37.6 Å². The van der Waals surface area contributed by atoms with Gasteiger partial charge in [-0.25, -0.2) is 13.1 Å². The number of carbonyl (C=O) groups excluding carboxylic acids is 1. The molecule has 0 spiro atoms. The molecule has 0 bridgehead atoms. The highest BCUT2D eigenvalue weighted by atomic mass is 79.9. The maximum atomic E-state index is 12.1. The van der Waals surface area contributed by atoms with Crippen LogP contribution in [0.15, 0.2) is 27.6 Å². The molecule has 0 saturated heterocycles. The first kappa shape index (κ1) is 17.9. The molecule has 1 amide bonds. The van der Waals surface area contributed by atoms with Crippen LogP contribution in [0.2, 0.25) is 0 Å². The predicted octanol–water partition coefficient (Wildman–Crippen LogP) is 1.61. The van der Waals surface area contributed by atoms with Crippen LogP contribution in [-0.4, -0.2) is 26.9 Å². The molecule has 0 aliphatic rings. The highest BCUT2D eigenvalue weighted by Crippen LogP contribution is 2.23. The van der Waals surface area contributed by atoms with Crippen LogP contribution in [0.3, 0.4) is 0 Å². The van der Waals surface area contributed by atoms with Crippen molar-refractivity contribution in [2.24, 2.45) is 0 Å². The van der Waals surface area contributed by atoms with Crippen molar-refractivity contribution in [2.75, 3.05) is 12.3 Å². The minimum atomic E-state index is -3.70. The number of anilines is 1. The van der Waals surface area contributed by atoms with Crippen LogP contribution >= 0.6 is 15.9 Å². The number of rotatable bonds is 7. The maximum absolute atomic E-state index is 12.1. The molecule has 0 aromatic heterocycles. The summed E-state index contributed by atoms with van der Waals surface area (Å²) in [6.45, 7) is 3.89. The third kappa shape index (κ3) is 5.64. The Kier molecular flexibility index (Phi) is 6.63. The van der Waals surface area contributed by atoms with Crippen molar-refractivity contribution in [3.05, 3.63) is 22.7 Å². The number of carbonyl (C=O) groups is 1. The van der Waals surface area contributed by atoms with E-state index >= 15 is 0 Å². The Hall–Kier alpha value is -1.12. The van der Waals surface area contributed by atoms with Crippen LogP contribution in [0, 0.1) is 0 Å². The number of halogens is 1. The molecule has 6 nitrogen and oxygen atoms in total. The summed E-state index contributed by atoms with van der Waals surface area (Å²) in [5.74, 6) is -0.182. The first-order valence-electron chi connectivity index (χ1n) is 6.60. The predicted molar refractivity (Wildman–Crippen MR) is 86.3 cm³/mol. The Morgan fingerprint density at radius 2 is 2.10 bits per heavy atom. The van der Waals surface area contributed by atoms with Crippen LogP contribution in [0.5, 0.6) is 0 Å². The second kappa shape index (κ2) is 7.77. The Labute approximate surface area is 133 Å². The fraction of sp³-hybridized carbons (Fsp3) is 0.462. The SMILES string of the molecule is CCC(C)NC(=O)CCNS(=O)(=O)c1cc(N)ccc1Br. The Bertz CT molecular complexity index is 605. The quantitative estimate of drug-likeness (QED) is 0.628. The normalized spacial score (nSPS) is 12.9. The number of nitrogens with two attached hydrogens (primary N) is 1. The van der Waals surface area contributed by atoms with Crippen LogP contribution in [0.25, 0.3) is 0 Å². The van der Waals surface area contributed by atoms with Gasteiger partial charge in [0.1, 0.15) is 0 Å². The zero-order valence-corrected chi connectivity index (χ0v) is 14.4. The summed E-state index contributed by atoms with van der Waals surface area (Å²) >= 11 is 3.18. The van der Waals surface area contributed by atoms with Crippen LogP contribution in [0.4, 0.5) is 5.69 Å². The van der Waals surface area contributed by atoms with E-state index in [1.165, 1.54) is 6.07 Å². The number of nitrogens with one attached hydrogen (secondary N) is 2. The van der Waals surface area contributed by atoms with E-state index in [2.05, 4.69) is 26.0 Å². The fourth-order valence-corrected chi connectivity index (χ4v) is 3.58. The molecule has 0 radical (unpaired) electrons. The van der Waals surface area contributed by atoms with E-state index in [4.69, 9.17) is 5.73 Å². The van der Waals surface area contributed by atoms with E-state index in [1.807, 2.05) is 13.8 Å². The Morgan fingerprint density at radius 3 is 2.71 bits per heavy atom. The van der Waals surface area contributed by atoms with E-state index in [1.54, 1.807) is 12.1 Å². The Morgan fingerprint density at radius 1 is 1.43 bits per heavy atom. The molecule has 1 rings (SSSR count). The largest absolute Gasteiger partial charge is 0.399 e. The van der Waals surface area contributed by atoms with Gasteiger partial charge in [0.05, 0.1) is 4.90 Å². The minimum Gasteiger partial charge on any atom is -0.399 e. The molecular weight excluding hydrogens is 358 g/mol. The van der Waals surface area contributed by atoms with Gasteiger partial charge in [-0.2, -0.15) is 0 Å². The molecule has 0 heterocycles. The van der Waals surface area contributed by atoms with Crippen LogP contribution in [0.1, 0.15) is 26.7 Å². The highest BCUT2D eigenvalue weighted by molar-refractivity contribution is 9.10. The lowest BCUT2D eigenvalue weighted by molar-refractivity contribution is -0.121. The monoisotopic (exact) mass is 377 g/mol. The fourth-order valence-electron chi connectivity index (χ4n) is 1.55. The Balaban J connectivity index is 2.62. The summed E-state index contributed by atoms with van der Waals surface area (Å²) in [5.41, 5.74) is 5.95. The van der Waals surface area contributed by atoms with E-state index in [0.717, 1.165) is 6.42 Å². The van der Waals surface area contributed by atoms with Crippen molar-refractivity contribution < 1.29 is 13.2 Å². The van der Waals surface area contributed by atoms with Gasteiger partial charge in [-0.15, -0.1) is 0 Å². The number of sulfonamides is 1. The van der Waals surface area contributed by atoms with Gasteiger partial charge in [0.15, 0.2) is 0 Å². The van der Waals surface area contributed by atoms with Crippen LogP contribution in [-0.2, 0) is 14.8 Å². The second-order valence-electron chi connectivity index (χ2n) is 4.71. The average Bonchev–Trinajstić information content (AvgIpc) is 2.40. The van der Waals surface area contributed by atoms with Gasteiger partial charge >= 0.3 is 0 Å². The van der Waals surface area contributed by atoms with E-state index in [9.17, 15) is 13.2 Å². The molecule has 1 aromatic carbocycles. The minimum absolute atomic E-state index is 0.0336. The molecule has 1 atom stereocenters. The average molecular weight is 378 g/mol. The van der Waals surface area contributed by atoms with Gasteiger partial charge in [-0.1, -0.05) is 6.92 Å². The van der Waals surface area contributed by atoms with Gasteiger partial charge in [-0.3, -0.25) is 4.79 Å². The van der Waals surface area contributed by atoms with Gasteiger partial charge < -0.3 is 11.1 Å². The number of amides is 1. The van der Waals surface area contributed by atoms with Crippen LogP contribution < -0.4 is 15.8 Å². The molecular formula is C13H20BrN3O3S. The second-order valence-corrected chi connectivity index (χ2v) is 7.30. The molecule has 0 fully saturated rings. The molecule has 21 heavy (non-hydrogen) atoms. The smallest absolute Gasteiger partial charge is 0.241 e. The van der Waals surface area contributed by atoms with Crippen molar-refractivity contribution in [1.82, 2.24) is 10.0 Å². The standard InChI is InChI=1S/C13H20BrN3O3S/c1-3-9(2)17-13(18)6-7-16-21(19,20)12-8-10(15)4-5-11(12)14/h4-5,8-9,16H,3,6-7,15H2,1-2H3,(H,17,18). The van der Waals surface area contributed by atoms with Crippen molar-refractivity contribution in [1.29, 1.82) is 0 Å². The molecule has 8 heteroatoms. The summed E-state index contributed by atoms with van der Waals surface area (Å²) in [4.78, 5) is 11.6. The zero-order valence-electron chi connectivity index (χ0n) is 12.0. The molecule has 1 aromatic rings. The summed E-state index contributed by atoms with van der Waals surface area (Å²) in [6, 6.07) is 4.62.